The minimum Gasteiger partial charge on any atom is -0.397 e. The number of hydrogen-bond donors (Lipinski definition) is 1. The third kappa shape index (κ3) is 2.32. The van der Waals surface area contributed by atoms with Gasteiger partial charge in [-0.2, -0.15) is 0 Å². The number of anilines is 1. The van der Waals surface area contributed by atoms with Crippen LogP contribution in [0.25, 0.3) is 0 Å². The number of hydrogen-bond acceptors (Lipinski definition) is 2. The molecule has 0 aliphatic heterocycles. The third-order valence-electron chi connectivity index (χ3n) is 3.68. The number of nitrogens with two attached hydrogens (primary N) is 1. The number of para-hydroxylation sites is 1. The van der Waals surface area contributed by atoms with Crippen molar-refractivity contribution >= 4 is 23.2 Å². The van der Waals surface area contributed by atoms with E-state index in [0.717, 1.165) is 19.4 Å². The molecule has 1 aromatic rings. The highest BCUT2D eigenvalue weighted by atomic mass is 35.5. The van der Waals surface area contributed by atoms with Crippen molar-refractivity contribution in [3.63, 3.8) is 0 Å². The number of nitrogens with zero attached hydrogens (tertiary/aromatic N) is 1. The van der Waals surface area contributed by atoms with Gasteiger partial charge in [0, 0.05) is 12.6 Å². The first-order chi connectivity index (χ1) is 8.66. The molecule has 3 nitrogen and oxygen atoms in total. The van der Waals surface area contributed by atoms with Crippen LogP contribution in [-0.4, -0.2) is 23.4 Å². The zero-order valence-electron chi connectivity index (χ0n) is 10.2. The molecular weight excluding hydrogens is 248 g/mol. The second-order valence-electron chi connectivity index (χ2n) is 5.33. The standard InChI is InChI=1S/C14H17ClN2O/c15-12-3-1-2-11(13(12)16)14(18)17(10-6-7-10)8-9-4-5-9/h1-3,9-10H,4-8,16H2. The van der Waals surface area contributed by atoms with Gasteiger partial charge in [0.15, 0.2) is 0 Å². The highest BCUT2D eigenvalue weighted by Crippen LogP contribution is 2.36. The van der Waals surface area contributed by atoms with Crippen molar-refractivity contribution in [2.75, 3.05) is 12.3 Å². The summed E-state index contributed by atoms with van der Waals surface area (Å²) in [6, 6.07) is 5.70. The van der Waals surface area contributed by atoms with Gasteiger partial charge in [0.1, 0.15) is 0 Å². The molecule has 0 unspecified atom stereocenters. The van der Waals surface area contributed by atoms with Crippen LogP contribution in [0.15, 0.2) is 18.2 Å². The summed E-state index contributed by atoms with van der Waals surface area (Å²) >= 11 is 5.98. The van der Waals surface area contributed by atoms with Gasteiger partial charge >= 0.3 is 0 Å². The molecule has 2 aliphatic rings. The number of carbonyl (C=O) groups is 1. The molecule has 0 bridgehead atoms. The molecule has 0 heterocycles. The van der Waals surface area contributed by atoms with Gasteiger partial charge in [0.25, 0.3) is 5.91 Å². The highest BCUT2D eigenvalue weighted by molar-refractivity contribution is 6.33. The Morgan fingerprint density at radius 2 is 2.06 bits per heavy atom. The van der Waals surface area contributed by atoms with Crippen molar-refractivity contribution in [2.24, 2.45) is 5.92 Å². The van der Waals surface area contributed by atoms with Gasteiger partial charge < -0.3 is 10.6 Å². The quantitative estimate of drug-likeness (QED) is 0.850. The molecule has 1 amide bonds. The second kappa shape index (κ2) is 4.47. The molecule has 96 valence electrons. The first-order valence-electron chi connectivity index (χ1n) is 6.52. The molecule has 1 aromatic carbocycles. The Morgan fingerprint density at radius 1 is 1.33 bits per heavy atom. The van der Waals surface area contributed by atoms with Crippen LogP contribution in [0.1, 0.15) is 36.0 Å². The monoisotopic (exact) mass is 264 g/mol. The molecule has 0 aromatic heterocycles. The molecule has 0 spiro atoms. The molecule has 0 radical (unpaired) electrons. The van der Waals surface area contributed by atoms with E-state index >= 15 is 0 Å². The van der Waals surface area contributed by atoms with Crippen LogP contribution in [0.3, 0.4) is 0 Å². The Kier molecular flexibility index (Phi) is 2.94. The summed E-state index contributed by atoms with van der Waals surface area (Å²) in [5, 5.41) is 0.461. The number of carbonyl (C=O) groups excluding carboxylic acids is 1. The Hall–Kier alpha value is -1.22. The average Bonchev–Trinajstić information content (AvgIpc) is 3.22. The van der Waals surface area contributed by atoms with Gasteiger partial charge in [0.2, 0.25) is 0 Å². The lowest BCUT2D eigenvalue weighted by molar-refractivity contribution is 0.0736. The fourth-order valence-corrected chi connectivity index (χ4v) is 2.42. The van der Waals surface area contributed by atoms with Gasteiger partial charge in [-0.15, -0.1) is 0 Å². The summed E-state index contributed by atoms with van der Waals surface area (Å²) < 4.78 is 0. The summed E-state index contributed by atoms with van der Waals surface area (Å²) in [7, 11) is 0. The van der Waals surface area contributed by atoms with Gasteiger partial charge in [0.05, 0.1) is 16.3 Å². The van der Waals surface area contributed by atoms with Crippen LogP contribution in [-0.2, 0) is 0 Å². The van der Waals surface area contributed by atoms with Crippen molar-refractivity contribution in [3.8, 4) is 0 Å². The maximum atomic E-state index is 12.5. The average molecular weight is 265 g/mol. The van der Waals surface area contributed by atoms with Crippen molar-refractivity contribution in [1.29, 1.82) is 0 Å². The predicted molar refractivity (Wildman–Crippen MR) is 72.6 cm³/mol. The van der Waals surface area contributed by atoms with Crippen LogP contribution < -0.4 is 5.73 Å². The maximum Gasteiger partial charge on any atom is 0.256 e. The van der Waals surface area contributed by atoms with Crippen LogP contribution in [0.4, 0.5) is 5.69 Å². The van der Waals surface area contributed by atoms with Crippen LogP contribution >= 0.6 is 11.6 Å². The topological polar surface area (TPSA) is 46.3 Å². The minimum absolute atomic E-state index is 0.0457. The molecule has 2 fully saturated rings. The molecule has 3 rings (SSSR count). The summed E-state index contributed by atoms with van der Waals surface area (Å²) in [6.07, 6.45) is 4.75. The molecule has 18 heavy (non-hydrogen) atoms. The minimum atomic E-state index is 0.0457. The second-order valence-corrected chi connectivity index (χ2v) is 5.74. The van der Waals surface area contributed by atoms with Gasteiger partial charge in [-0.3, -0.25) is 4.79 Å². The van der Waals surface area contributed by atoms with Gasteiger partial charge in [-0.05, 0) is 43.7 Å². The van der Waals surface area contributed by atoms with E-state index in [0.29, 0.717) is 28.2 Å². The largest absolute Gasteiger partial charge is 0.397 e. The zero-order chi connectivity index (χ0) is 12.7. The van der Waals surface area contributed by atoms with Crippen LogP contribution in [0, 0.1) is 5.92 Å². The Labute approximate surface area is 112 Å². The number of halogens is 1. The summed E-state index contributed by atoms with van der Waals surface area (Å²) in [5.74, 6) is 0.749. The lowest BCUT2D eigenvalue weighted by Gasteiger charge is -2.23. The smallest absolute Gasteiger partial charge is 0.256 e. The zero-order valence-corrected chi connectivity index (χ0v) is 11.0. The number of amides is 1. The number of benzene rings is 1. The van der Waals surface area contributed by atoms with E-state index in [9.17, 15) is 4.79 Å². The van der Waals surface area contributed by atoms with E-state index in [2.05, 4.69) is 0 Å². The van der Waals surface area contributed by atoms with Crippen molar-refractivity contribution in [2.45, 2.75) is 31.7 Å². The molecule has 2 saturated carbocycles. The fraction of sp³-hybridized carbons (Fsp3) is 0.500. The predicted octanol–water partition coefficient (Wildman–Crippen LogP) is 2.94. The molecular formula is C14H17ClN2O. The van der Waals surface area contributed by atoms with E-state index in [-0.39, 0.29) is 5.91 Å². The first kappa shape index (κ1) is 11.8. The van der Waals surface area contributed by atoms with Gasteiger partial charge in [-0.25, -0.2) is 0 Å². The fourth-order valence-electron chi connectivity index (χ4n) is 2.24. The SMILES string of the molecule is Nc1c(Cl)cccc1C(=O)N(CC1CC1)C1CC1. The number of nitrogen functional groups attached to an aromatic ring is 1. The Morgan fingerprint density at radius 3 is 2.67 bits per heavy atom. The van der Waals surface area contributed by atoms with E-state index in [1.165, 1.54) is 12.8 Å². The Bertz CT molecular complexity index is 481. The molecule has 2 aliphatic carbocycles. The molecule has 0 atom stereocenters. The Balaban J connectivity index is 1.84. The molecule has 2 N–H and O–H groups in total. The molecule has 0 saturated heterocycles. The summed E-state index contributed by atoms with van der Waals surface area (Å²) in [6.45, 7) is 0.884. The summed E-state index contributed by atoms with van der Waals surface area (Å²) in [5.41, 5.74) is 6.87. The molecule has 4 heteroatoms. The summed E-state index contributed by atoms with van der Waals surface area (Å²) in [4.78, 5) is 14.5. The van der Waals surface area contributed by atoms with Crippen molar-refractivity contribution in [1.82, 2.24) is 4.90 Å². The third-order valence-corrected chi connectivity index (χ3v) is 4.01. The lowest BCUT2D eigenvalue weighted by atomic mass is 10.1. The first-order valence-corrected chi connectivity index (χ1v) is 6.89. The van der Waals surface area contributed by atoms with Crippen LogP contribution in [0.2, 0.25) is 5.02 Å². The normalized spacial score (nSPS) is 18.7. The van der Waals surface area contributed by atoms with E-state index in [1.54, 1.807) is 18.2 Å². The van der Waals surface area contributed by atoms with E-state index < -0.39 is 0 Å². The van der Waals surface area contributed by atoms with Gasteiger partial charge in [-0.1, -0.05) is 17.7 Å². The van der Waals surface area contributed by atoms with Crippen molar-refractivity contribution < 1.29 is 4.79 Å². The van der Waals surface area contributed by atoms with Crippen LogP contribution in [0.5, 0.6) is 0 Å². The van der Waals surface area contributed by atoms with Crippen molar-refractivity contribution in [3.05, 3.63) is 28.8 Å². The number of rotatable bonds is 4. The maximum absolute atomic E-state index is 12.5. The van der Waals surface area contributed by atoms with E-state index in [4.69, 9.17) is 17.3 Å². The lowest BCUT2D eigenvalue weighted by Crippen LogP contribution is -2.35. The van der Waals surface area contributed by atoms with E-state index in [1.807, 2.05) is 4.90 Å². The highest BCUT2D eigenvalue weighted by Gasteiger charge is 2.37.